The van der Waals surface area contributed by atoms with E-state index >= 15 is 0 Å². The van der Waals surface area contributed by atoms with Crippen molar-refractivity contribution in [3.63, 3.8) is 0 Å². The van der Waals surface area contributed by atoms with Crippen molar-refractivity contribution in [3.05, 3.63) is 33.9 Å². The fraction of sp³-hybridized carbons (Fsp3) is 0.286. The van der Waals surface area contributed by atoms with Crippen LogP contribution in [0.4, 0.5) is 0 Å². The number of hydrogen-bond acceptors (Lipinski definition) is 2. The minimum atomic E-state index is 0. The van der Waals surface area contributed by atoms with Gasteiger partial charge in [-0.3, -0.25) is 0 Å². The van der Waals surface area contributed by atoms with E-state index in [1.54, 1.807) is 0 Å². The minimum Gasteiger partial charge on any atom is -0.511 e. The summed E-state index contributed by atoms with van der Waals surface area (Å²) in [6.07, 6.45) is 4.00. The van der Waals surface area contributed by atoms with Gasteiger partial charge >= 0.3 is 0 Å². The monoisotopic (exact) mass is 233 g/mol. The molecule has 0 atom stereocenters. The molecule has 0 aromatic heterocycles. The standard InChI is InChI=1S/C5H9N2.2CH3.Pd/c1-6-3-4-7(2)5-6;;;/h3-5H,1-2H3;2*1H3;/q3*-1;. The third-order valence-electron chi connectivity index (χ3n) is 0.901. The summed E-state index contributed by atoms with van der Waals surface area (Å²) in [4.78, 5) is 4.00. The van der Waals surface area contributed by atoms with Gasteiger partial charge in [0.05, 0.1) is 0 Å². The fourth-order valence-corrected chi connectivity index (χ4v) is 0.575. The first-order chi connectivity index (χ1) is 3.29. The van der Waals surface area contributed by atoms with E-state index in [1.807, 2.05) is 43.0 Å². The third kappa shape index (κ3) is 4.84. The van der Waals surface area contributed by atoms with E-state index in [0.717, 1.165) is 0 Å². The first-order valence-electron chi connectivity index (χ1n) is 2.26. The van der Waals surface area contributed by atoms with Gasteiger partial charge in [0.1, 0.15) is 0 Å². The van der Waals surface area contributed by atoms with Gasteiger partial charge in [-0.25, -0.2) is 0 Å². The molecule has 0 aromatic carbocycles. The van der Waals surface area contributed by atoms with Crippen LogP contribution in [0.25, 0.3) is 0 Å². The largest absolute Gasteiger partial charge is 0.511 e. The molecule has 0 N–H and O–H groups in total. The van der Waals surface area contributed by atoms with Crippen LogP contribution in [0.15, 0.2) is 12.4 Å². The van der Waals surface area contributed by atoms with E-state index in [-0.39, 0.29) is 35.3 Å². The summed E-state index contributed by atoms with van der Waals surface area (Å²) in [7, 11) is 4.00. The Morgan fingerprint density at radius 1 is 1.00 bits per heavy atom. The minimum absolute atomic E-state index is 0. The summed E-state index contributed by atoms with van der Waals surface area (Å²) >= 11 is 0. The van der Waals surface area contributed by atoms with Gasteiger partial charge in [0, 0.05) is 20.4 Å². The van der Waals surface area contributed by atoms with Crippen LogP contribution in [0.5, 0.6) is 0 Å². The van der Waals surface area contributed by atoms with Crippen LogP contribution in [-0.2, 0) is 20.4 Å². The third-order valence-corrected chi connectivity index (χ3v) is 0.901. The van der Waals surface area contributed by atoms with E-state index in [1.165, 1.54) is 0 Å². The first-order valence-corrected chi connectivity index (χ1v) is 2.26. The molecule has 0 unspecified atom stereocenters. The van der Waals surface area contributed by atoms with Crippen LogP contribution in [0.2, 0.25) is 0 Å². The zero-order valence-corrected chi connectivity index (χ0v) is 8.50. The molecule has 0 fully saturated rings. The quantitative estimate of drug-likeness (QED) is 0.460. The molecule has 0 aromatic rings. The molecule has 1 aliphatic heterocycles. The van der Waals surface area contributed by atoms with Crippen molar-refractivity contribution in [1.82, 2.24) is 9.80 Å². The van der Waals surface area contributed by atoms with Crippen molar-refractivity contribution in [2.45, 2.75) is 0 Å². The van der Waals surface area contributed by atoms with E-state index in [0.29, 0.717) is 0 Å². The second-order valence-corrected chi connectivity index (χ2v) is 1.74. The second-order valence-electron chi connectivity index (χ2n) is 1.74. The van der Waals surface area contributed by atoms with E-state index in [4.69, 9.17) is 0 Å². The average Bonchev–Trinajstić information content (AvgIpc) is 1.87. The van der Waals surface area contributed by atoms with Gasteiger partial charge in [-0.05, 0) is 26.5 Å². The zero-order valence-electron chi connectivity index (χ0n) is 6.94. The molecule has 0 saturated carbocycles. The van der Waals surface area contributed by atoms with Gasteiger partial charge in [-0.1, -0.05) is 0 Å². The summed E-state index contributed by atoms with van der Waals surface area (Å²) < 4.78 is 0. The van der Waals surface area contributed by atoms with Gasteiger partial charge in [-0.15, -0.1) is 0 Å². The molecule has 0 spiro atoms. The Hall–Kier alpha value is 0.00234. The molecule has 10 heavy (non-hydrogen) atoms. The maximum Gasteiger partial charge on any atom is 0 e. The molecule has 1 rings (SSSR count). The summed E-state index contributed by atoms with van der Waals surface area (Å²) in [6.45, 7) is 2.00. The smallest absolute Gasteiger partial charge is 0 e. The van der Waals surface area contributed by atoms with Crippen LogP contribution >= 0.6 is 0 Å². The molecule has 1 heterocycles. The molecule has 66 valence electrons. The van der Waals surface area contributed by atoms with E-state index in [9.17, 15) is 0 Å². The Balaban J connectivity index is -0.000000163. The van der Waals surface area contributed by atoms with Crippen LogP contribution in [0.3, 0.4) is 0 Å². The summed E-state index contributed by atoms with van der Waals surface area (Å²) in [6, 6.07) is 0. The second kappa shape index (κ2) is 7.11. The van der Waals surface area contributed by atoms with Crippen molar-refractivity contribution < 1.29 is 20.4 Å². The van der Waals surface area contributed by atoms with Crippen molar-refractivity contribution >= 4 is 0 Å². The zero-order chi connectivity index (χ0) is 5.28. The predicted molar refractivity (Wildman–Crippen MR) is 41.8 cm³/mol. The molecule has 2 nitrogen and oxygen atoms in total. The fourth-order valence-electron chi connectivity index (χ4n) is 0.575. The van der Waals surface area contributed by atoms with E-state index in [2.05, 4.69) is 0 Å². The van der Waals surface area contributed by atoms with Gasteiger partial charge in [-0.2, -0.15) is 6.67 Å². The summed E-state index contributed by atoms with van der Waals surface area (Å²) in [5.41, 5.74) is 0. The Kier molecular flexibility index (Phi) is 11.8. The van der Waals surface area contributed by atoms with Crippen LogP contribution in [0, 0.1) is 21.5 Å². The Labute approximate surface area is 78.5 Å². The molecular weight excluding hydrogens is 219 g/mol. The Bertz CT molecular complexity index is 83.6. The van der Waals surface area contributed by atoms with Gasteiger partial charge < -0.3 is 24.7 Å². The van der Waals surface area contributed by atoms with Crippen LogP contribution in [0.1, 0.15) is 0 Å². The topological polar surface area (TPSA) is 6.48 Å². The average molecular weight is 234 g/mol. The number of hydrogen-bond donors (Lipinski definition) is 0. The summed E-state index contributed by atoms with van der Waals surface area (Å²) in [5, 5.41) is 0. The Morgan fingerprint density at radius 3 is 1.40 bits per heavy atom. The molecule has 1 aliphatic rings. The van der Waals surface area contributed by atoms with Gasteiger partial charge in [0.2, 0.25) is 0 Å². The predicted octanol–water partition coefficient (Wildman–Crippen LogP) is 1.35. The number of rotatable bonds is 0. The SMILES string of the molecule is CN1C=CN(C)[CH-]1.[CH3-].[CH3-].[Pd]. The molecular formula is C7H15N2Pd-3. The summed E-state index contributed by atoms with van der Waals surface area (Å²) in [5.74, 6) is 0. The van der Waals surface area contributed by atoms with Crippen molar-refractivity contribution in [3.8, 4) is 0 Å². The molecule has 0 amide bonds. The van der Waals surface area contributed by atoms with Crippen LogP contribution in [-0.4, -0.2) is 23.9 Å². The maximum atomic E-state index is 2.00. The first kappa shape index (κ1) is 16.5. The Morgan fingerprint density at radius 2 is 1.30 bits per heavy atom. The van der Waals surface area contributed by atoms with Crippen molar-refractivity contribution in [2.24, 2.45) is 0 Å². The van der Waals surface area contributed by atoms with Crippen molar-refractivity contribution in [1.29, 1.82) is 0 Å². The number of nitrogens with zero attached hydrogens (tertiary/aromatic N) is 2. The van der Waals surface area contributed by atoms with Gasteiger partial charge in [0.25, 0.3) is 0 Å². The maximum absolute atomic E-state index is 2.00. The molecule has 0 saturated heterocycles. The molecule has 0 bridgehead atoms. The van der Waals surface area contributed by atoms with E-state index < -0.39 is 0 Å². The molecule has 0 radical (unpaired) electrons. The molecule has 0 aliphatic carbocycles. The van der Waals surface area contributed by atoms with Gasteiger partial charge in [0.15, 0.2) is 0 Å². The van der Waals surface area contributed by atoms with Crippen molar-refractivity contribution in [2.75, 3.05) is 14.1 Å². The normalized spacial score (nSPS) is 13.4. The van der Waals surface area contributed by atoms with Crippen LogP contribution < -0.4 is 0 Å². The molecule has 3 heteroatoms.